The van der Waals surface area contributed by atoms with E-state index in [1.807, 2.05) is 0 Å². The molecule has 0 bridgehead atoms. The van der Waals surface area contributed by atoms with Gasteiger partial charge in [0, 0.05) is 29.1 Å². The zero-order chi connectivity index (χ0) is 24.1. The van der Waals surface area contributed by atoms with Crippen molar-refractivity contribution in [2.45, 2.75) is 19.8 Å². The molecule has 0 unspecified atom stereocenters. The quantitative estimate of drug-likeness (QED) is 0.294. The van der Waals surface area contributed by atoms with Crippen LogP contribution in [0.25, 0.3) is 0 Å². The van der Waals surface area contributed by atoms with Crippen LogP contribution in [0.3, 0.4) is 0 Å². The Morgan fingerprint density at radius 2 is 1.61 bits per heavy atom. The van der Waals surface area contributed by atoms with E-state index in [9.17, 15) is 24.5 Å². The number of methoxy groups -OCH3 is 1. The number of esters is 2. The molecule has 2 aromatic carbocycles. The smallest absolute Gasteiger partial charge is 0.337 e. The molecule has 0 saturated carbocycles. The van der Waals surface area contributed by atoms with Gasteiger partial charge in [-0.15, -0.1) is 0 Å². The molecule has 1 atom stereocenters. The number of carbonyl (C=O) groups excluding carboxylic acids is 3. The molecule has 33 heavy (non-hydrogen) atoms. The van der Waals surface area contributed by atoms with E-state index in [4.69, 9.17) is 9.47 Å². The number of nitro groups is 1. The summed E-state index contributed by atoms with van der Waals surface area (Å²) in [6.07, 6.45) is 0. The van der Waals surface area contributed by atoms with E-state index in [0.29, 0.717) is 22.5 Å². The van der Waals surface area contributed by atoms with Gasteiger partial charge in [0.05, 0.1) is 29.1 Å². The molecular weight excluding hydrogens is 428 g/mol. The minimum absolute atomic E-state index is 0.0577. The highest BCUT2D eigenvalue weighted by Crippen LogP contribution is 2.40. The maximum Gasteiger partial charge on any atom is 0.337 e. The molecule has 170 valence electrons. The summed E-state index contributed by atoms with van der Waals surface area (Å²) in [5.41, 5.74) is 1.54. The van der Waals surface area contributed by atoms with Gasteiger partial charge in [0.25, 0.3) is 5.69 Å². The van der Waals surface area contributed by atoms with E-state index >= 15 is 0 Å². The minimum Gasteiger partial charge on any atom is -0.466 e. The van der Waals surface area contributed by atoms with Gasteiger partial charge in [0.1, 0.15) is 0 Å². The largest absolute Gasteiger partial charge is 0.466 e. The normalized spacial score (nSPS) is 15.5. The fourth-order valence-electron chi connectivity index (χ4n) is 3.71. The number of rotatable bonds is 7. The standard InChI is InChI=1S/C24H22N2O7/c1-14-20(23(28)32-3)22(17-10-7-11-18(12-17)26(30)31)21(15(2)25-14)24(29)33-13-19(27)16-8-5-4-6-9-16/h4-12,22,25H,13H2,1-3H3/t22-/m0/s1. The van der Waals surface area contributed by atoms with Gasteiger partial charge in [-0.2, -0.15) is 0 Å². The lowest BCUT2D eigenvalue weighted by molar-refractivity contribution is -0.384. The summed E-state index contributed by atoms with van der Waals surface area (Å²) >= 11 is 0. The average molecular weight is 450 g/mol. The lowest BCUT2D eigenvalue weighted by Gasteiger charge is -2.30. The number of ether oxygens (including phenoxy) is 2. The number of nitro benzene ring substituents is 1. The van der Waals surface area contributed by atoms with E-state index in [1.165, 1.54) is 25.3 Å². The second-order valence-corrected chi connectivity index (χ2v) is 7.34. The number of hydrogen-bond donors (Lipinski definition) is 1. The van der Waals surface area contributed by atoms with Gasteiger partial charge in [-0.05, 0) is 19.4 Å². The Kier molecular flexibility index (Phi) is 7.02. The maximum absolute atomic E-state index is 13.1. The van der Waals surface area contributed by atoms with Crippen molar-refractivity contribution in [2.24, 2.45) is 0 Å². The molecule has 1 aliphatic heterocycles. The van der Waals surface area contributed by atoms with Crippen molar-refractivity contribution in [3.8, 4) is 0 Å². The highest BCUT2D eigenvalue weighted by Gasteiger charge is 2.38. The first-order valence-electron chi connectivity index (χ1n) is 10.0. The highest BCUT2D eigenvalue weighted by atomic mass is 16.6. The average Bonchev–Trinajstić information content (AvgIpc) is 2.82. The number of Topliss-reactive ketones (excluding diaryl/α,β-unsaturated/α-hetero) is 1. The van der Waals surface area contributed by atoms with Crippen molar-refractivity contribution < 1.29 is 28.8 Å². The molecule has 9 nitrogen and oxygen atoms in total. The zero-order valence-electron chi connectivity index (χ0n) is 18.3. The van der Waals surface area contributed by atoms with Crippen LogP contribution in [0.5, 0.6) is 0 Å². The second-order valence-electron chi connectivity index (χ2n) is 7.34. The van der Waals surface area contributed by atoms with Crippen LogP contribution in [-0.4, -0.2) is 36.4 Å². The van der Waals surface area contributed by atoms with Crippen molar-refractivity contribution in [1.82, 2.24) is 5.32 Å². The third kappa shape index (κ3) is 4.98. The third-order valence-corrected chi connectivity index (χ3v) is 5.23. The van der Waals surface area contributed by atoms with Crippen LogP contribution in [0.2, 0.25) is 0 Å². The molecule has 0 aliphatic carbocycles. The number of nitrogens with one attached hydrogen (secondary N) is 1. The number of nitrogens with zero attached hydrogens (tertiary/aromatic N) is 1. The predicted molar refractivity (Wildman–Crippen MR) is 118 cm³/mol. The number of carbonyl (C=O) groups is 3. The van der Waals surface area contributed by atoms with Gasteiger partial charge < -0.3 is 14.8 Å². The molecule has 0 aromatic heterocycles. The van der Waals surface area contributed by atoms with E-state index < -0.39 is 35.2 Å². The molecule has 1 aliphatic rings. The fraction of sp³-hybridized carbons (Fsp3) is 0.208. The molecule has 1 heterocycles. The van der Waals surface area contributed by atoms with Gasteiger partial charge in [-0.25, -0.2) is 9.59 Å². The monoisotopic (exact) mass is 450 g/mol. The first kappa shape index (κ1) is 23.4. The fourth-order valence-corrected chi connectivity index (χ4v) is 3.71. The van der Waals surface area contributed by atoms with E-state index in [1.54, 1.807) is 50.2 Å². The number of dihydropyridines is 1. The van der Waals surface area contributed by atoms with E-state index in [-0.39, 0.29) is 16.8 Å². The Morgan fingerprint density at radius 3 is 2.21 bits per heavy atom. The zero-order valence-corrected chi connectivity index (χ0v) is 18.3. The third-order valence-electron chi connectivity index (χ3n) is 5.23. The van der Waals surface area contributed by atoms with Crippen LogP contribution in [0.1, 0.15) is 35.7 Å². The molecule has 0 saturated heterocycles. The van der Waals surface area contributed by atoms with Crippen molar-refractivity contribution in [2.75, 3.05) is 13.7 Å². The first-order chi connectivity index (χ1) is 15.7. The summed E-state index contributed by atoms with van der Waals surface area (Å²) in [4.78, 5) is 48.9. The lowest BCUT2D eigenvalue weighted by atomic mass is 9.80. The number of benzene rings is 2. The number of non-ortho nitro benzene ring substituents is 1. The van der Waals surface area contributed by atoms with Gasteiger partial charge in [0.15, 0.2) is 12.4 Å². The summed E-state index contributed by atoms with van der Waals surface area (Å²) < 4.78 is 10.2. The lowest BCUT2D eigenvalue weighted by Crippen LogP contribution is -2.32. The minimum atomic E-state index is -0.988. The molecule has 1 N–H and O–H groups in total. The van der Waals surface area contributed by atoms with E-state index in [0.717, 1.165) is 0 Å². The molecule has 0 fully saturated rings. The highest BCUT2D eigenvalue weighted by molar-refractivity contribution is 6.02. The van der Waals surface area contributed by atoms with Crippen LogP contribution < -0.4 is 5.32 Å². The molecule has 3 rings (SSSR count). The molecule has 0 radical (unpaired) electrons. The van der Waals surface area contributed by atoms with Crippen molar-refractivity contribution in [3.05, 3.63) is 98.4 Å². The van der Waals surface area contributed by atoms with Crippen LogP contribution in [-0.2, 0) is 19.1 Å². The first-order valence-corrected chi connectivity index (χ1v) is 10.0. The Hall–Kier alpha value is -4.27. The van der Waals surface area contributed by atoms with Gasteiger partial charge in [-0.3, -0.25) is 14.9 Å². The van der Waals surface area contributed by atoms with Crippen molar-refractivity contribution in [3.63, 3.8) is 0 Å². The summed E-state index contributed by atoms with van der Waals surface area (Å²) in [6, 6.07) is 14.0. The Balaban J connectivity index is 2.00. The molecule has 2 aromatic rings. The van der Waals surface area contributed by atoms with Crippen LogP contribution in [0.15, 0.2) is 77.1 Å². The topological polar surface area (TPSA) is 125 Å². The number of hydrogen-bond acceptors (Lipinski definition) is 8. The van der Waals surface area contributed by atoms with Gasteiger partial charge in [-0.1, -0.05) is 42.5 Å². The van der Waals surface area contributed by atoms with Gasteiger partial charge in [0.2, 0.25) is 0 Å². The number of ketones is 1. The van der Waals surface area contributed by atoms with Crippen LogP contribution >= 0.6 is 0 Å². The summed E-state index contributed by atoms with van der Waals surface area (Å²) in [6.45, 7) is 2.76. The molecule has 0 spiro atoms. The van der Waals surface area contributed by atoms with Crippen molar-refractivity contribution >= 4 is 23.4 Å². The van der Waals surface area contributed by atoms with Crippen LogP contribution in [0.4, 0.5) is 5.69 Å². The SMILES string of the molecule is COC(=O)C1=C(C)NC(C)=C(C(=O)OCC(=O)c2ccccc2)[C@H]1c1cccc([N+](=O)[O-])c1. The molecule has 9 heteroatoms. The second kappa shape index (κ2) is 9.90. The molecule has 0 amide bonds. The predicted octanol–water partition coefficient (Wildman–Crippen LogP) is 3.43. The summed E-state index contributed by atoms with van der Waals surface area (Å²) in [5, 5.41) is 14.3. The number of allylic oxidation sites excluding steroid dienone is 2. The van der Waals surface area contributed by atoms with Crippen LogP contribution in [0, 0.1) is 10.1 Å². The Labute approximate surface area is 189 Å². The summed E-state index contributed by atoms with van der Waals surface area (Å²) in [5.74, 6) is -2.90. The van der Waals surface area contributed by atoms with E-state index in [2.05, 4.69) is 5.32 Å². The van der Waals surface area contributed by atoms with Gasteiger partial charge >= 0.3 is 11.9 Å². The Morgan fingerprint density at radius 1 is 0.970 bits per heavy atom. The summed E-state index contributed by atoms with van der Waals surface area (Å²) in [7, 11) is 1.20. The maximum atomic E-state index is 13.1. The molecular formula is C24H22N2O7. The van der Waals surface area contributed by atoms with Crippen molar-refractivity contribution in [1.29, 1.82) is 0 Å². The Bertz CT molecular complexity index is 1180.